The third-order valence-corrected chi connectivity index (χ3v) is 3.09. The van der Waals surface area contributed by atoms with Gasteiger partial charge in [-0.05, 0) is 32.0 Å². The molecule has 1 amide bonds. The lowest BCUT2D eigenvalue weighted by Gasteiger charge is -2.07. The summed E-state index contributed by atoms with van der Waals surface area (Å²) in [4.78, 5) is 30.2. The number of hydrogen-bond donors (Lipinski definition) is 2. The van der Waals surface area contributed by atoms with E-state index >= 15 is 0 Å². The molecule has 0 radical (unpaired) electrons. The minimum atomic E-state index is -0.478. The fourth-order valence-corrected chi connectivity index (χ4v) is 1.96. The molecule has 2 rings (SSSR count). The molecule has 2 aromatic rings. The van der Waals surface area contributed by atoms with Gasteiger partial charge in [-0.1, -0.05) is 6.07 Å². The largest absolute Gasteiger partial charge is 0.370 e. The Morgan fingerprint density at radius 3 is 2.74 bits per heavy atom. The average molecular weight is 315 g/mol. The first-order chi connectivity index (χ1) is 11.0. The van der Waals surface area contributed by atoms with Crippen LogP contribution in [0.1, 0.15) is 17.7 Å². The van der Waals surface area contributed by atoms with Crippen LogP contribution in [0.15, 0.2) is 30.5 Å². The standard InChI is InChI=1S/C15H17N5O3/c1-10-8-14(17-9-12(10)20(22)23)16-7-6-15(21)19-13-5-3-4-11(2)18-13/h3-5,8-9H,6-7H2,1-2H3,(H,16,17)(H,18,19,21). The SMILES string of the molecule is Cc1cccc(NC(=O)CCNc2cc(C)c([N+](=O)[O-])cn2)n1. The summed E-state index contributed by atoms with van der Waals surface area (Å²) in [5, 5.41) is 16.4. The zero-order chi connectivity index (χ0) is 16.8. The molecule has 0 bridgehead atoms. The van der Waals surface area contributed by atoms with E-state index in [4.69, 9.17) is 0 Å². The van der Waals surface area contributed by atoms with Gasteiger partial charge in [-0.3, -0.25) is 14.9 Å². The van der Waals surface area contributed by atoms with Crippen molar-refractivity contribution < 1.29 is 9.72 Å². The predicted molar refractivity (Wildman–Crippen MR) is 86.3 cm³/mol. The molecule has 8 heteroatoms. The summed E-state index contributed by atoms with van der Waals surface area (Å²) >= 11 is 0. The van der Waals surface area contributed by atoms with Crippen molar-refractivity contribution in [3.05, 3.63) is 51.8 Å². The van der Waals surface area contributed by atoms with Crippen LogP contribution in [0.5, 0.6) is 0 Å². The maximum Gasteiger partial charge on any atom is 0.290 e. The van der Waals surface area contributed by atoms with E-state index in [0.29, 0.717) is 23.7 Å². The molecule has 0 atom stereocenters. The molecule has 0 aliphatic carbocycles. The number of carbonyl (C=O) groups excluding carboxylic acids is 1. The van der Waals surface area contributed by atoms with E-state index in [2.05, 4.69) is 20.6 Å². The van der Waals surface area contributed by atoms with Gasteiger partial charge in [0.1, 0.15) is 17.8 Å². The van der Waals surface area contributed by atoms with Gasteiger partial charge >= 0.3 is 0 Å². The highest BCUT2D eigenvalue weighted by Crippen LogP contribution is 2.18. The molecule has 0 saturated heterocycles. The third-order valence-electron chi connectivity index (χ3n) is 3.09. The molecular formula is C15H17N5O3. The van der Waals surface area contributed by atoms with E-state index in [1.165, 1.54) is 6.20 Å². The van der Waals surface area contributed by atoms with Crippen LogP contribution in [0.2, 0.25) is 0 Å². The van der Waals surface area contributed by atoms with Crippen LogP contribution < -0.4 is 10.6 Å². The Balaban J connectivity index is 1.84. The van der Waals surface area contributed by atoms with Crippen molar-refractivity contribution in [2.24, 2.45) is 0 Å². The second kappa shape index (κ2) is 7.30. The first-order valence-electron chi connectivity index (χ1n) is 7.04. The van der Waals surface area contributed by atoms with Gasteiger partial charge < -0.3 is 10.6 Å². The van der Waals surface area contributed by atoms with Crippen molar-refractivity contribution in [2.45, 2.75) is 20.3 Å². The van der Waals surface area contributed by atoms with E-state index in [1.807, 2.05) is 19.1 Å². The number of pyridine rings is 2. The number of hydrogen-bond acceptors (Lipinski definition) is 6. The van der Waals surface area contributed by atoms with Crippen LogP contribution in [0.25, 0.3) is 0 Å². The maximum atomic E-state index is 11.8. The number of anilines is 2. The molecule has 120 valence electrons. The topological polar surface area (TPSA) is 110 Å². The monoisotopic (exact) mass is 315 g/mol. The number of nitrogens with one attached hydrogen (secondary N) is 2. The van der Waals surface area contributed by atoms with Crippen LogP contribution in [0.4, 0.5) is 17.3 Å². The number of nitro groups is 1. The van der Waals surface area contributed by atoms with Crippen LogP contribution >= 0.6 is 0 Å². The van der Waals surface area contributed by atoms with Crippen molar-refractivity contribution >= 4 is 23.2 Å². The molecule has 8 nitrogen and oxygen atoms in total. The molecule has 23 heavy (non-hydrogen) atoms. The average Bonchev–Trinajstić information content (AvgIpc) is 2.47. The second-order valence-corrected chi connectivity index (χ2v) is 5.00. The Bertz CT molecular complexity index is 733. The van der Waals surface area contributed by atoms with Gasteiger partial charge in [0.2, 0.25) is 5.91 Å². The van der Waals surface area contributed by atoms with E-state index in [-0.39, 0.29) is 18.0 Å². The molecule has 2 aromatic heterocycles. The van der Waals surface area contributed by atoms with Crippen molar-refractivity contribution in [1.82, 2.24) is 9.97 Å². The van der Waals surface area contributed by atoms with Gasteiger partial charge in [0.25, 0.3) is 5.69 Å². The van der Waals surface area contributed by atoms with E-state index in [0.717, 1.165) is 5.69 Å². The number of nitrogens with zero attached hydrogens (tertiary/aromatic N) is 3. The van der Waals surface area contributed by atoms with Crippen molar-refractivity contribution in [1.29, 1.82) is 0 Å². The van der Waals surface area contributed by atoms with E-state index in [9.17, 15) is 14.9 Å². The minimum Gasteiger partial charge on any atom is -0.370 e. The van der Waals surface area contributed by atoms with Crippen LogP contribution in [-0.4, -0.2) is 27.3 Å². The quantitative estimate of drug-likeness (QED) is 0.626. The second-order valence-electron chi connectivity index (χ2n) is 5.00. The first-order valence-corrected chi connectivity index (χ1v) is 7.04. The van der Waals surface area contributed by atoms with Crippen LogP contribution in [0, 0.1) is 24.0 Å². The first kappa shape index (κ1) is 16.3. The normalized spacial score (nSPS) is 10.2. The Hall–Kier alpha value is -3.03. The molecule has 0 saturated carbocycles. The molecule has 2 N–H and O–H groups in total. The highest BCUT2D eigenvalue weighted by molar-refractivity contribution is 5.90. The Labute approximate surface area is 133 Å². The fourth-order valence-electron chi connectivity index (χ4n) is 1.96. The lowest BCUT2D eigenvalue weighted by molar-refractivity contribution is -0.385. The zero-order valence-corrected chi connectivity index (χ0v) is 12.9. The van der Waals surface area contributed by atoms with Gasteiger partial charge in [-0.15, -0.1) is 0 Å². The Morgan fingerprint density at radius 1 is 1.30 bits per heavy atom. The zero-order valence-electron chi connectivity index (χ0n) is 12.9. The molecule has 0 aliphatic rings. The summed E-state index contributed by atoms with van der Waals surface area (Å²) in [6.45, 7) is 3.85. The van der Waals surface area contributed by atoms with Gasteiger partial charge in [-0.2, -0.15) is 0 Å². The number of carbonyl (C=O) groups is 1. The number of aromatic nitrogens is 2. The number of amides is 1. The summed E-state index contributed by atoms with van der Waals surface area (Å²) in [5.74, 6) is 0.836. The van der Waals surface area contributed by atoms with Gasteiger partial charge in [-0.25, -0.2) is 9.97 Å². The predicted octanol–water partition coefficient (Wildman–Crippen LogP) is 2.44. The van der Waals surface area contributed by atoms with Crippen molar-refractivity contribution in [2.75, 3.05) is 17.2 Å². The smallest absolute Gasteiger partial charge is 0.290 e. The lowest BCUT2D eigenvalue weighted by Crippen LogP contribution is -2.17. The molecule has 0 aliphatic heterocycles. The molecule has 0 spiro atoms. The van der Waals surface area contributed by atoms with Crippen LogP contribution in [-0.2, 0) is 4.79 Å². The molecule has 0 aromatic carbocycles. The van der Waals surface area contributed by atoms with Crippen molar-refractivity contribution in [3.63, 3.8) is 0 Å². The van der Waals surface area contributed by atoms with Crippen molar-refractivity contribution in [3.8, 4) is 0 Å². The Morgan fingerprint density at radius 2 is 2.09 bits per heavy atom. The van der Waals surface area contributed by atoms with Gasteiger partial charge in [0.05, 0.1) is 4.92 Å². The summed E-state index contributed by atoms with van der Waals surface area (Å²) in [5.41, 5.74) is 1.31. The third kappa shape index (κ3) is 4.73. The Kier molecular flexibility index (Phi) is 5.19. The lowest BCUT2D eigenvalue weighted by atomic mass is 10.2. The molecule has 2 heterocycles. The fraction of sp³-hybridized carbons (Fsp3) is 0.267. The minimum absolute atomic E-state index is 0.0289. The highest BCUT2D eigenvalue weighted by atomic mass is 16.6. The van der Waals surface area contributed by atoms with Gasteiger partial charge in [0, 0.05) is 24.2 Å². The van der Waals surface area contributed by atoms with Gasteiger partial charge in [0.15, 0.2) is 0 Å². The molecular weight excluding hydrogens is 298 g/mol. The summed E-state index contributed by atoms with van der Waals surface area (Å²) in [7, 11) is 0. The van der Waals surface area contributed by atoms with Crippen LogP contribution in [0.3, 0.4) is 0 Å². The molecule has 0 fully saturated rings. The maximum absolute atomic E-state index is 11.8. The van der Waals surface area contributed by atoms with E-state index in [1.54, 1.807) is 19.1 Å². The summed E-state index contributed by atoms with van der Waals surface area (Å²) in [6.07, 6.45) is 1.43. The van der Waals surface area contributed by atoms with E-state index < -0.39 is 4.92 Å². The number of rotatable bonds is 6. The summed E-state index contributed by atoms with van der Waals surface area (Å²) < 4.78 is 0. The molecule has 0 unspecified atom stereocenters. The summed E-state index contributed by atoms with van der Waals surface area (Å²) in [6, 6.07) is 6.97. The highest BCUT2D eigenvalue weighted by Gasteiger charge is 2.11. The number of aryl methyl sites for hydroxylation is 2.